The number of carbonyl (C=O) groups excluding carboxylic acids is 5. The number of esters is 1. The summed E-state index contributed by atoms with van der Waals surface area (Å²) in [6, 6.07) is 14.1. The van der Waals surface area contributed by atoms with Crippen LogP contribution in [0.1, 0.15) is 31.3 Å². The quantitative estimate of drug-likeness (QED) is 0.0855. The minimum absolute atomic E-state index is 0.0158. The third kappa shape index (κ3) is 4.47. The summed E-state index contributed by atoms with van der Waals surface area (Å²) in [6.07, 6.45) is 1.31. The Bertz CT molecular complexity index is 1780. The van der Waals surface area contributed by atoms with E-state index in [0.717, 1.165) is 0 Å². The zero-order chi connectivity index (χ0) is 32.6. The highest BCUT2D eigenvalue weighted by atomic mass is 35.5. The predicted octanol–water partition coefficient (Wildman–Crippen LogP) is 6.84. The van der Waals surface area contributed by atoms with Gasteiger partial charge in [0.2, 0.25) is 5.76 Å². The molecule has 3 amide bonds. The zero-order valence-electron chi connectivity index (χ0n) is 22.1. The number of Topliss-reactive ketones (excluding diaryl/α,β-unsaturated/α-hetero) is 1. The minimum Gasteiger partial charge on any atom is -0.457 e. The predicted molar refractivity (Wildman–Crippen MR) is 166 cm³/mol. The van der Waals surface area contributed by atoms with E-state index < -0.39 is 61.9 Å². The van der Waals surface area contributed by atoms with Crippen molar-refractivity contribution < 1.29 is 33.1 Å². The number of amides is 3. The second kappa shape index (κ2) is 11.2. The van der Waals surface area contributed by atoms with Crippen LogP contribution in [0.15, 0.2) is 81.4 Å². The van der Waals surface area contributed by atoms with Crippen molar-refractivity contribution in [2.45, 2.75) is 14.1 Å². The molecule has 6 rings (SSSR count). The number of nitrogens with zero attached hydrogens (tertiary/aromatic N) is 2. The van der Waals surface area contributed by atoms with Gasteiger partial charge in [0, 0.05) is 5.56 Å². The van der Waals surface area contributed by atoms with Gasteiger partial charge in [0.25, 0.3) is 17.7 Å². The highest BCUT2D eigenvalue weighted by Gasteiger charge is 2.88. The highest BCUT2D eigenvalue weighted by Crippen LogP contribution is 2.77. The van der Waals surface area contributed by atoms with Crippen molar-refractivity contribution in [2.75, 3.05) is 6.54 Å². The van der Waals surface area contributed by atoms with Gasteiger partial charge in [0.1, 0.15) is 22.0 Å². The van der Waals surface area contributed by atoms with E-state index in [0.29, 0.717) is 10.0 Å². The van der Waals surface area contributed by atoms with Gasteiger partial charge >= 0.3 is 5.97 Å². The number of ether oxygens (including phenoxy) is 1. The SMILES string of the molecule is O=C(CN(C(=O)c1ccccc1Cl)N1C(=O)[C@@H]2[C@H](C1=O)[C@@]1(Cl)C(Cl)=C(Cl)[C@@]2(Cl)C1(Cl)Cl)c1ccc(OC(=O)c2ccco2)cc1. The normalized spacial score (nSPS) is 26.3. The molecule has 232 valence electrons. The molecule has 0 unspecified atom stereocenters. The van der Waals surface area contributed by atoms with Crippen molar-refractivity contribution in [2.24, 2.45) is 11.8 Å². The van der Waals surface area contributed by atoms with E-state index in [1.165, 1.54) is 60.9 Å². The Morgan fingerprint density at radius 2 is 1.40 bits per heavy atom. The Morgan fingerprint density at radius 3 is 1.93 bits per heavy atom. The first kappa shape index (κ1) is 32.2. The fourth-order valence-corrected chi connectivity index (χ4v) is 8.86. The van der Waals surface area contributed by atoms with Gasteiger partial charge in [-0.15, -0.1) is 23.2 Å². The molecular weight excluding hydrogens is 736 g/mol. The van der Waals surface area contributed by atoms with Crippen LogP contribution in [0.25, 0.3) is 0 Å². The molecule has 9 nitrogen and oxygen atoms in total. The molecule has 3 aliphatic rings. The average molecular weight is 752 g/mol. The molecule has 45 heavy (non-hydrogen) atoms. The molecule has 1 aromatic heterocycles. The van der Waals surface area contributed by atoms with Gasteiger partial charge in [0.15, 0.2) is 10.1 Å². The first-order valence-corrected chi connectivity index (χ1v) is 15.5. The number of rotatable bonds is 7. The number of benzene rings is 2. The summed E-state index contributed by atoms with van der Waals surface area (Å²) in [5.74, 6) is -7.54. The van der Waals surface area contributed by atoms with Gasteiger partial charge < -0.3 is 9.15 Å². The standard InChI is InChI=1S/C29H15Cl7N2O7/c30-16-5-2-1-4-15(16)23(40)37(12-17(39)13-7-9-14(10-8-13)45-26(43)18-6-3-11-44-18)38-24(41)19-20(25(38)42)28(34)22(32)21(31)27(19,33)29(28,35)36/h1-11,19-20H,12H2/t19-,20+,27-,28-/m1/s1. The lowest BCUT2D eigenvalue weighted by molar-refractivity contribution is -0.154. The summed E-state index contributed by atoms with van der Waals surface area (Å²) in [6.45, 7) is -0.821. The number of hydrogen-bond acceptors (Lipinski definition) is 7. The van der Waals surface area contributed by atoms with E-state index in [-0.39, 0.29) is 37.7 Å². The van der Waals surface area contributed by atoms with Crippen LogP contribution < -0.4 is 4.74 Å². The number of imide groups is 1. The third-order valence-electron chi connectivity index (χ3n) is 7.87. The Labute approximate surface area is 289 Å². The van der Waals surface area contributed by atoms with Gasteiger partial charge in [-0.2, -0.15) is 5.01 Å². The summed E-state index contributed by atoms with van der Waals surface area (Å²) >= 11 is 45.8. The molecule has 1 saturated carbocycles. The smallest absolute Gasteiger partial charge is 0.379 e. The molecule has 16 heteroatoms. The molecule has 1 saturated heterocycles. The van der Waals surface area contributed by atoms with Crippen LogP contribution >= 0.6 is 81.2 Å². The molecule has 2 aromatic carbocycles. The highest BCUT2D eigenvalue weighted by molar-refractivity contribution is 6.66. The Kier molecular flexibility index (Phi) is 8.01. The first-order chi connectivity index (χ1) is 21.2. The second-order valence-electron chi connectivity index (χ2n) is 10.2. The maximum absolute atomic E-state index is 14.0. The van der Waals surface area contributed by atoms with Gasteiger partial charge in [-0.3, -0.25) is 19.2 Å². The topological polar surface area (TPSA) is 114 Å². The molecule has 2 aliphatic carbocycles. The number of carbonyl (C=O) groups is 5. The van der Waals surface area contributed by atoms with Crippen LogP contribution in [0.4, 0.5) is 0 Å². The molecule has 0 spiro atoms. The largest absolute Gasteiger partial charge is 0.457 e. The molecule has 0 radical (unpaired) electrons. The van der Waals surface area contributed by atoms with E-state index >= 15 is 0 Å². The number of alkyl halides is 4. The fraction of sp³-hybridized carbons (Fsp3) is 0.207. The number of halogens is 7. The summed E-state index contributed by atoms with van der Waals surface area (Å²) in [5.41, 5.74) is -0.0767. The number of hydrogen-bond donors (Lipinski definition) is 0. The maximum Gasteiger partial charge on any atom is 0.379 e. The third-order valence-corrected chi connectivity index (χ3v) is 12.5. The molecule has 4 atom stereocenters. The second-order valence-corrected chi connectivity index (χ2v) is 13.9. The van der Waals surface area contributed by atoms with Crippen molar-refractivity contribution in [3.63, 3.8) is 0 Å². The molecule has 2 bridgehead atoms. The molecule has 3 aromatic rings. The number of fused-ring (bicyclic) bond motifs is 5. The van der Waals surface area contributed by atoms with Crippen molar-refractivity contribution in [3.05, 3.63) is 98.9 Å². The van der Waals surface area contributed by atoms with Crippen LogP contribution in [0, 0.1) is 11.8 Å². The van der Waals surface area contributed by atoms with E-state index in [2.05, 4.69) is 0 Å². The van der Waals surface area contributed by atoms with E-state index in [9.17, 15) is 24.0 Å². The van der Waals surface area contributed by atoms with Gasteiger partial charge in [-0.25, -0.2) is 9.80 Å². The van der Waals surface area contributed by atoms with Gasteiger partial charge in [-0.1, -0.05) is 70.1 Å². The molecule has 2 heterocycles. The molecular formula is C29H15Cl7N2O7. The Hall–Kier alpha value is -2.76. The molecule has 2 fully saturated rings. The van der Waals surface area contributed by atoms with Crippen LogP contribution in [-0.4, -0.2) is 60.1 Å². The fourth-order valence-electron chi connectivity index (χ4n) is 5.71. The number of hydrazine groups is 1. The summed E-state index contributed by atoms with van der Waals surface area (Å²) < 4.78 is 8.03. The lowest BCUT2D eigenvalue weighted by atomic mass is 9.84. The van der Waals surface area contributed by atoms with E-state index in [1.807, 2.05) is 0 Å². The number of allylic oxidation sites excluding steroid dienone is 2. The monoisotopic (exact) mass is 748 g/mol. The van der Waals surface area contributed by atoms with Crippen LogP contribution in [-0.2, 0) is 9.59 Å². The number of ketones is 1. The minimum atomic E-state index is -2.19. The van der Waals surface area contributed by atoms with Crippen molar-refractivity contribution in [3.8, 4) is 5.75 Å². The molecule has 1 aliphatic heterocycles. The lowest BCUT2D eigenvalue weighted by Gasteiger charge is -2.36. The summed E-state index contributed by atoms with van der Waals surface area (Å²) in [5, 5.41) is 0.474. The summed E-state index contributed by atoms with van der Waals surface area (Å²) in [7, 11) is 0. The van der Waals surface area contributed by atoms with Gasteiger partial charge in [0.05, 0.1) is 38.7 Å². The van der Waals surface area contributed by atoms with Gasteiger partial charge in [-0.05, 0) is 48.5 Å². The average Bonchev–Trinajstić information content (AvgIpc) is 3.70. The number of furan rings is 1. The lowest BCUT2D eigenvalue weighted by Crippen LogP contribution is -2.56. The Balaban J connectivity index is 1.34. The zero-order valence-corrected chi connectivity index (χ0v) is 27.4. The maximum atomic E-state index is 14.0. The summed E-state index contributed by atoms with van der Waals surface area (Å²) in [4.78, 5) is 63.4. The first-order valence-electron chi connectivity index (χ1n) is 12.8. The van der Waals surface area contributed by atoms with Crippen molar-refractivity contribution in [1.82, 2.24) is 10.0 Å². The van der Waals surface area contributed by atoms with Crippen molar-refractivity contribution in [1.29, 1.82) is 0 Å². The van der Waals surface area contributed by atoms with Crippen LogP contribution in [0.2, 0.25) is 5.02 Å². The van der Waals surface area contributed by atoms with Crippen molar-refractivity contribution >= 4 is 111 Å². The van der Waals surface area contributed by atoms with Crippen LogP contribution in [0.5, 0.6) is 5.75 Å². The van der Waals surface area contributed by atoms with E-state index in [4.69, 9.17) is 90.4 Å². The van der Waals surface area contributed by atoms with E-state index in [1.54, 1.807) is 6.07 Å². The Morgan fingerprint density at radius 1 is 0.822 bits per heavy atom. The molecule has 0 N–H and O–H groups in total. The van der Waals surface area contributed by atoms with Crippen LogP contribution in [0.3, 0.4) is 0 Å².